The molecule has 1 heterocycles. The highest BCUT2D eigenvalue weighted by Crippen LogP contribution is 2.34. The Kier molecular flexibility index (Phi) is 6.92. The van der Waals surface area contributed by atoms with Crippen molar-refractivity contribution in [2.24, 2.45) is 0 Å². The Labute approximate surface area is 170 Å². The topological polar surface area (TPSA) is 47.3 Å². The predicted octanol–water partition coefficient (Wildman–Crippen LogP) is 5.08. The number of para-hydroxylation sites is 3. The highest BCUT2D eigenvalue weighted by Gasteiger charge is 2.23. The number of nitrogens with zero attached hydrogens (tertiary/aromatic N) is 2. The van der Waals surface area contributed by atoms with E-state index in [0.29, 0.717) is 12.5 Å². The second-order valence-electron chi connectivity index (χ2n) is 7.30. The van der Waals surface area contributed by atoms with E-state index in [-0.39, 0.29) is 24.8 Å². The van der Waals surface area contributed by atoms with E-state index in [1.54, 1.807) is 18.2 Å². The first-order valence-electron chi connectivity index (χ1n) is 9.73. The zero-order valence-electron chi connectivity index (χ0n) is 15.8. The standard InChI is InChI=1S/C22H25FN2O2.ClH/c23-18-10-4-7-13-21(18)27-15-17(26)14-25-20-12-6-5-11-19(20)24-22(25)16-8-2-1-3-9-16;/h4-7,10-13,16-17,26H,1-3,8-9,14-15H2;1H. The van der Waals surface area contributed by atoms with Gasteiger partial charge in [0.1, 0.15) is 18.5 Å². The van der Waals surface area contributed by atoms with Crippen LogP contribution in [-0.2, 0) is 6.54 Å². The van der Waals surface area contributed by atoms with E-state index in [0.717, 1.165) is 29.7 Å². The van der Waals surface area contributed by atoms with Gasteiger partial charge < -0.3 is 14.4 Å². The van der Waals surface area contributed by atoms with Crippen LogP contribution in [0.15, 0.2) is 48.5 Å². The highest BCUT2D eigenvalue weighted by atomic mass is 35.5. The zero-order valence-corrected chi connectivity index (χ0v) is 16.6. The molecule has 6 heteroatoms. The number of aliphatic hydroxyl groups excluding tert-OH is 1. The second kappa shape index (κ2) is 9.39. The number of aliphatic hydroxyl groups is 1. The molecule has 0 spiro atoms. The first-order valence-corrected chi connectivity index (χ1v) is 9.73. The van der Waals surface area contributed by atoms with Crippen molar-refractivity contribution in [3.8, 4) is 5.75 Å². The van der Waals surface area contributed by atoms with Gasteiger partial charge in [0, 0.05) is 5.92 Å². The molecule has 28 heavy (non-hydrogen) atoms. The van der Waals surface area contributed by atoms with Gasteiger partial charge >= 0.3 is 0 Å². The van der Waals surface area contributed by atoms with E-state index in [4.69, 9.17) is 9.72 Å². The van der Waals surface area contributed by atoms with Crippen LogP contribution >= 0.6 is 12.4 Å². The SMILES string of the molecule is Cl.OC(COc1ccccc1F)Cn1c(C2CCCCC2)nc2ccccc21. The van der Waals surface area contributed by atoms with Gasteiger partial charge in [-0.2, -0.15) is 0 Å². The van der Waals surface area contributed by atoms with Crippen LogP contribution in [0.3, 0.4) is 0 Å². The maximum absolute atomic E-state index is 13.7. The summed E-state index contributed by atoms with van der Waals surface area (Å²) in [5.74, 6) is 1.24. The molecule has 1 aliphatic carbocycles. The molecule has 150 valence electrons. The molecular formula is C22H26ClFN2O2. The van der Waals surface area contributed by atoms with E-state index in [1.165, 1.54) is 25.3 Å². The average Bonchev–Trinajstić information content (AvgIpc) is 3.06. The number of ether oxygens (including phenoxy) is 1. The molecule has 0 amide bonds. The molecule has 1 unspecified atom stereocenters. The lowest BCUT2D eigenvalue weighted by Crippen LogP contribution is -2.25. The summed E-state index contributed by atoms with van der Waals surface area (Å²) in [4.78, 5) is 4.87. The summed E-state index contributed by atoms with van der Waals surface area (Å²) < 4.78 is 21.3. The van der Waals surface area contributed by atoms with Crippen LogP contribution in [-0.4, -0.2) is 27.4 Å². The average molecular weight is 405 g/mol. The minimum absolute atomic E-state index is 0. The maximum atomic E-state index is 13.7. The Morgan fingerprint density at radius 1 is 1.07 bits per heavy atom. The Hall–Kier alpha value is -2.11. The van der Waals surface area contributed by atoms with Gasteiger partial charge in [0.05, 0.1) is 17.6 Å². The fourth-order valence-electron chi connectivity index (χ4n) is 3.97. The lowest BCUT2D eigenvalue weighted by molar-refractivity contribution is 0.0902. The third-order valence-electron chi connectivity index (χ3n) is 5.32. The van der Waals surface area contributed by atoms with Crippen LogP contribution in [0.1, 0.15) is 43.8 Å². The molecule has 1 atom stereocenters. The Morgan fingerprint density at radius 3 is 2.57 bits per heavy atom. The van der Waals surface area contributed by atoms with Crippen LogP contribution in [0.5, 0.6) is 5.75 Å². The molecule has 1 saturated carbocycles. The molecule has 3 aromatic rings. The molecule has 4 rings (SSSR count). The number of fused-ring (bicyclic) bond motifs is 1. The van der Waals surface area contributed by atoms with Crippen LogP contribution < -0.4 is 4.74 Å². The Morgan fingerprint density at radius 2 is 1.79 bits per heavy atom. The molecule has 1 fully saturated rings. The molecule has 1 aromatic heterocycles. The van der Waals surface area contributed by atoms with Crippen molar-refractivity contribution in [2.45, 2.75) is 50.7 Å². The van der Waals surface area contributed by atoms with E-state index in [1.807, 2.05) is 24.3 Å². The summed E-state index contributed by atoms with van der Waals surface area (Å²) in [7, 11) is 0. The van der Waals surface area contributed by atoms with Crippen molar-refractivity contribution in [3.05, 3.63) is 60.2 Å². The van der Waals surface area contributed by atoms with Gasteiger partial charge in [0.15, 0.2) is 11.6 Å². The first-order chi connectivity index (χ1) is 13.2. The van der Waals surface area contributed by atoms with Gasteiger partial charge in [-0.1, -0.05) is 43.5 Å². The minimum atomic E-state index is -0.746. The number of hydrogen-bond acceptors (Lipinski definition) is 3. The summed E-state index contributed by atoms with van der Waals surface area (Å²) in [6.07, 6.45) is 5.29. The lowest BCUT2D eigenvalue weighted by atomic mass is 9.88. The highest BCUT2D eigenvalue weighted by molar-refractivity contribution is 5.85. The van der Waals surface area contributed by atoms with Gasteiger partial charge in [-0.05, 0) is 37.1 Å². The van der Waals surface area contributed by atoms with E-state index < -0.39 is 11.9 Å². The van der Waals surface area contributed by atoms with Gasteiger partial charge in [0.2, 0.25) is 0 Å². The van der Waals surface area contributed by atoms with Crippen molar-refractivity contribution in [1.82, 2.24) is 9.55 Å². The smallest absolute Gasteiger partial charge is 0.165 e. The fourth-order valence-corrected chi connectivity index (χ4v) is 3.97. The largest absolute Gasteiger partial charge is 0.488 e. The van der Waals surface area contributed by atoms with Gasteiger partial charge in [-0.25, -0.2) is 9.37 Å². The summed E-state index contributed by atoms with van der Waals surface area (Å²) in [5, 5.41) is 10.6. The third-order valence-corrected chi connectivity index (χ3v) is 5.32. The molecule has 4 nitrogen and oxygen atoms in total. The van der Waals surface area contributed by atoms with Crippen molar-refractivity contribution >= 4 is 23.4 Å². The molecular weight excluding hydrogens is 379 g/mol. The Bertz CT molecular complexity index is 908. The molecule has 0 saturated heterocycles. The fraction of sp³-hybridized carbons (Fsp3) is 0.409. The van der Waals surface area contributed by atoms with Crippen LogP contribution in [0.25, 0.3) is 11.0 Å². The van der Waals surface area contributed by atoms with Crippen molar-refractivity contribution in [1.29, 1.82) is 0 Å². The van der Waals surface area contributed by atoms with Gasteiger partial charge in [-0.3, -0.25) is 0 Å². The molecule has 0 radical (unpaired) electrons. The quantitative estimate of drug-likeness (QED) is 0.622. The van der Waals surface area contributed by atoms with Crippen LogP contribution in [0, 0.1) is 5.82 Å². The molecule has 1 aliphatic rings. The third kappa shape index (κ3) is 4.47. The Balaban J connectivity index is 0.00000225. The summed E-state index contributed by atoms with van der Waals surface area (Å²) in [6.45, 7) is 0.429. The van der Waals surface area contributed by atoms with E-state index in [2.05, 4.69) is 4.57 Å². The number of rotatable bonds is 6. The summed E-state index contributed by atoms with van der Waals surface area (Å²) >= 11 is 0. The second-order valence-corrected chi connectivity index (χ2v) is 7.30. The molecule has 0 aliphatic heterocycles. The zero-order chi connectivity index (χ0) is 18.6. The lowest BCUT2D eigenvalue weighted by Gasteiger charge is -2.23. The minimum Gasteiger partial charge on any atom is -0.488 e. The van der Waals surface area contributed by atoms with Crippen LogP contribution in [0.2, 0.25) is 0 Å². The summed E-state index contributed by atoms with van der Waals surface area (Å²) in [5.41, 5.74) is 1.99. The van der Waals surface area contributed by atoms with Crippen molar-refractivity contribution < 1.29 is 14.2 Å². The number of halogens is 2. The number of hydrogen-bond donors (Lipinski definition) is 1. The summed E-state index contributed by atoms with van der Waals surface area (Å²) in [6, 6.07) is 14.3. The number of benzene rings is 2. The predicted molar refractivity (Wildman–Crippen MR) is 111 cm³/mol. The molecule has 2 aromatic carbocycles. The molecule has 1 N–H and O–H groups in total. The normalized spacial score (nSPS) is 15.9. The number of aromatic nitrogens is 2. The van der Waals surface area contributed by atoms with Gasteiger partial charge in [-0.15, -0.1) is 12.4 Å². The van der Waals surface area contributed by atoms with Crippen molar-refractivity contribution in [2.75, 3.05) is 6.61 Å². The van der Waals surface area contributed by atoms with Gasteiger partial charge in [0.25, 0.3) is 0 Å². The first kappa shape index (κ1) is 20.6. The monoisotopic (exact) mass is 404 g/mol. The van der Waals surface area contributed by atoms with Crippen LogP contribution in [0.4, 0.5) is 4.39 Å². The molecule has 0 bridgehead atoms. The van der Waals surface area contributed by atoms with E-state index >= 15 is 0 Å². The van der Waals surface area contributed by atoms with Crippen molar-refractivity contribution in [3.63, 3.8) is 0 Å². The maximum Gasteiger partial charge on any atom is 0.165 e. The van der Waals surface area contributed by atoms with E-state index in [9.17, 15) is 9.50 Å². The number of imidazole rings is 1.